The lowest BCUT2D eigenvalue weighted by Crippen LogP contribution is -2.36. The van der Waals surface area contributed by atoms with Crippen molar-refractivity contribution >= 4 is 0 Å². The van der Waals surface area contributed by atoms with Gasteiger partial charge in [0.25, 0.3) is 0 Å². The van der Waals surface area contributed by atoms with Crippen molar-refractivity contribution in [3.8, 4) is 5.75 Å². The normalized spacial score (nSPS) is 25.9. The van der Waals surface area contributed by atoms with Crippen molar-refractivity contribution in [1.82, 2.24) is 4.90 Å². The highest BCUT2D eigenvalue weighted by Crippen LogP contribution is 2.37. The average molecular weight is 329 g/mol. The summed E-state index contributed by atoms with van der Waals surface area (Å²) in [6, 6.07) is 4.87. The van der Waals surface area contributed by atoms with Gasteiger partial charge >= 0.3 is 6.18 Å². The lowest BCUT2D eigenvalue weighted by atomic mass is 9.82. The van der Waals surface area contributed by atoms with E-state index in [1.807, 2.05) is 0 Å². The van der Waals surface area contributed by atoms with E-state index >= 15 is 0 Å². The first-order valence-electron chi connectivity index (χ1n) is 8.07. The van der Waals surface area contributed by atoms with Crippen LogP contribution in [0.15, 0.2) is 24.3 Å². The Morgan fingerprint density at radius 2 is 1.96 bits per heavy atom. The molecule has 0 bridgehead atoms. The highest BCUT2D eigenvalue weighted by molar-refractivity contribution is 5.28. The third-order valence-corrected chi connectivity index (χ3v) is 4.78. The molecular weight excluding hydrogens is 307 g/mol. The van der Waals surface area contributed by atoms with Gasteiger partial charge in [0.05, 0.1) is 12.2 Å². The molecule has 1 spiro atoms. The molecular formula is C17H22F3NO2. The van der Waals surface area contributed by atoms with Crippen LogP contribution < -0.4 is 4.74 Å². The Morgan fingerprint density at radius 3 is 2.61 bits per heavy atom. The molecule has 0 aliphatic carbocycles. The second-order valence-corrected chi connectivity index (χ2v) is 6.55. The highest BCUT2D eigenvalue weighted by atomic mass is 19.4. The zero-order valence-electron chi connectivity index (χ0n) is 13.1. The lowest BCUT2D eigenvalue weighted by molar-refractivity contribution is -0.137. The van der Waals surface area contributed by atoms with Crippen molar-refractivity contribution in [3.05, 3.63) is 29.8 Å². The molecule has 2 fully saturated rings. The molecule has 3 rings (SSSR count). The minimum Gasteiger partial charge on any atom is -0.492 e. The number of hydrogen-bond acceptors (Lipinski definition) is 3. The van der Waals surface area contributed by atoms with Gasteiger partial charge in [-0.25, -0.2) is 0 Å². The third-order valence-electron chi connectivity index (χ3n) is 4.78. The monoisotopic (exact) mass is 329 g/mol. The summed E-state index contributed by atoms with van der Waals surface area (Å²) in [5.74, 6) is 0.480. The molecule has 2 aliphatic heterocycles. The maximum Gasteiger partial charge on any atom is 0.416 e. The van der Waals surface area contributed by atoms with Crippen LogP contribution in [0.5, 0.6) is 5.75 Å². The predicted octanol–water partition coefficient (Wildman–Crippen LogP) is 3.59. The molecule has 0 amide bonds. The first kappa shape index (κ1) is 16.6. The molecule has 1 atom stereocenters. The van der Waals surface area contributed by atoms with Crippen LogP contribution in [-0.2, 0) is 10.9 Å². The summed E-state index contributed by atoms with van der Waals surface area (Å²) in [6.45, 7) is 5.08. The van der Waals surface area contributed by atoms with Gasteiger partial charge in [0.1, 0.15) is 12.4 Å². The summed E-state index contributed by atoms with van der Waals surface area (Å²) in [5.41, 5.74) is -0.337. The van der Waals surface area contributed by atoms with Gasteiger partial charge in [0.2, 0.25) is 0 Å². The summed E-state index contributed by atoms with van der Waals surface area (Å²) < 4.78 is 48.7. The summed E-state index contributed by atoms with van der Waals surface area (Å²) in [4.78, 5) is 2.36. The predicted molar refractivity (Wildman–Crippen MR) is 80.5 cm³/mol. The van der Waals surface area contributed by atoms with Crippen LogP contribution in [-0.4, -0.2) is 44.4 Å². The summed E-state index contributed by atoms with van der Waals surface area (Å²) in [5, 5.41) is 0. The molecule has 6 heteroatoms. The van der Waals surface area contributed by atoms with E-state index in [-0.39, 0.29) is 0 Å². The maximum atomic E-state index is 12.5. The Bertz CT molecular complexity index is 510. The molecule has 3 nitrogen and oxygen atoms in total. The van der Waals surface area contributed by atoms with Gasteiger partial charge in [-0.1, -0.05) is 0 Å². The van der Waals surface area contributed by atoms with Gasteiger partial charge < -0.3 is 9.47 Å². The topological polar surface area (TPSA) is 21.7 Å². The smallest absolute Gasteiger partial charge is 0.416 e. The molecule has 0 aromatic heterocycles. The lowest BCUT2D eigenvalue weighted by Gasteiger charge is -2.33. The molecule has 1 unspecified atom stereocenters. The van der Waals surface area contributed by atoms with E-state index in [0.717, 1.165) is 57.8 Å². The fraction of sp³-hybridized carbons (Fsp3) is 0.647. The van der Waals surface area contributed by atoms with Crippen LogP contribution in [0, 0.1) is 5.41 Å². The Hall–Kier alpha value is -1.27. The molecule has 0 N–H and O–H groups in total. The number of benzene rings is 1. The van der Waals surface area contributed by atoms with Crippen LogP contribution in [0.2, 0.25) is 0 Å². The van der Waals surface area contributed by atoms with Crippen LogP contribution >= 0.6 is 0 Å². The van der Waals surface area contributed by atoms with Crippen molar-refractivity contribution in [2.24, 2.45) is 5.41 Å². The number of rotatable bonds is 4. The molecule has 0 radical (unpaired) electrons. The van der Waals surface area contributed by atoms with E-state index < -0.39 is 11.7 Å². The van der Waals surface area contributed by atoms with Gasteiger partial charge in [-0.3, -0.25) is 4.90 Å². The van der Waals surface area contributed by atoms with Gasteiger partial charge in [0.15, 0.2) is 0 Å². The zero-order chi connectivity index (χ0) is 16.3. The van der Waals surface area contributed by atoms with Crippen molar-refractivity contribution in [3.63, 3.8) is 0 Å². The van der Waals surface area contributed by atoms with E-state index in [2.05, 4.69) is 4.90 Å². The Morgan fingerprint density at radius 1 is 1.17 bits per heavy atom. The largest absolute Gasteiger partial charge is 0.492 e. The number of likely N-dealkylation sites (tertiary alicyclic amines) is 1. The summed E-state index contributed by atoms with van der Waals surface area (Å²) in [6.07, 6.45) is -0.781. The summed E-state index contributed by atoms with van der Waals surface area (Å²) in [7, 11) is 0. The van der Waals surface area contributed by atoms with E-state index in [1.54, 1.807) is 0 Å². The number of halogens is 3. The molecule has 1 aromatic carbocycles. The van der Waals surface area contributed by atoms with Crippen molar-refractivity contribution in [2.75, 3.05) is 39.5 Å². The zero-order valence-corrected chi connectivity index (χ0v) is 13.1. The molecule has 128 valence electrons. The van der Waals surface area contributed by atoms with Gasteiger partial charge in [-0.05, 0) is 50.1 Å². The number of nitrogens with zero attached hydrogens (tertiary/aromatic N) is 1. The molecule has 0 saturated carbocycles. The van der Waals surface area contributed by atoms with E-state index in [1.165, 1.54) is 18.6 Å². The minimum atomic E-state index is -4.30. The molecule has 23 heavy (non-hydrogen) atoms. The fourth-order valence-electron chi connectivity index (χ4n) is 3.48. The average Bonchev–Trinajstić information content (AvgIpc) is 2.90. The summed E-state index contributed by atoms with van der Waals surface area (Å²) >= 11 is 0. The first-order chi connectivity index (χ1) is 11.0. The fourth-order valence-corrected chi connectivity index (χ4v) is 3.48. The molecule has 2 aliphatic rings. The number of hydrogen-bond donors (Lipinski definition) is 0. The van der Waals surface area contributed by atoms with Gasteiger partial charge in [-0.2, -0.15) is 13.2 Å². The van der Waals surface area contributed by atoms with Crippen LogP contribution in [0.3, 0.4) is 0 Å². The number of ether oxygens (including phenoxy) is 2. The first-order valence-corrected chi connectivity index (χ1v) is 8.07. The Kier molecular flexibility index (Phi) is 4.82. The molecule has 2 saturated heterocycles. The Balaban J connectivity index is 1.43. The second kappa shape index (κ2) is 6.69. The second-order valence-electron chi connectivity index (χ2n) is 6.55. The quantitative estimate of drug-likeness (QED) is 0.843. The SMILES string of the molecule is FC(F)(F)c1ccc(OCCN2CCC3(CCCOC3)C2)cc1. The van der Waals surface area contributed by atoms with Gasteiger partial charge in [-0.15, -0.1) is 0 Å². The number of alkyl halides is 3. The van der Waals surface area contributed by atoms with Crippen LogP contribution in [0.1, 0.15) is 24.8 Å². The van der Waals surface area contributed by atoms with E-state index in [4.69, 9.17) is 9.47 Å². The highest BCUT2D eigenvalue weighted by Gasteiger charge is 2.39. The molecule has 2 heterocycles. The third kappa shape index (κ3) is 4.18. The van der Waals surface area contributed by atoms with Crippen molar-refractivity contribution < 1.29 is 22.6 Å². The Labute approximate surface area is 134 Å². The minimum absolute atomic E-state index is 0.312. The van der Waals surface area contributed by atoms with Crippen LogP contribution in [0.4, 0.5) is 13.2 Å². The van der Waals surface area contributed by atoms with Crippen molar-refractivity contribution in [2.45, 2.75) is 25.4 Å². The van der Waals surface area contributed by atoms with E-state index in [0.29, 0.717) is 17.8 Å². The maximum absolute atomic E-state index is 12.5. The standard InChI is InChI=1S/C17H22F3NO2/c18-17(19,20)14-2-4-15(5-3-14)23-11-9-21-8-7-16(12-21)6-1-10-22-13-16/h2-5H,1,6-13H2. The van der Waals surface area contributed by atoms with Crippen LogP contribution in [0.25, 0.3) is 0 Å². The molecule has 1 aromatic rings. The van der Waals surface area contributed by atoms with Crippen molar-refractivity contribution in [1.29, 1.82) is 0 Å². The van der Waals surface area contributed by atoms with E-state index in [9.17, 15) is 13.2 Å². The van der Waals surface area contributed by atoms with Gasteiger partial charge in [0, 0.05) is 25.1 Å².